The zero-order valence-corrected chi connectivity index (χ0v) is 23.1. The highest BCUT2D eigenvalue weighted by atomic mass is 16.5. The number of methoxy groups -OCH3 is 1. The van der Waals surface area contributed by atoms with E-state index in [0.717, 1.165) is 69.1 Å². The molecule has 7 heteroatoms. The summed E-state index contributed by atoms with van der Waals surface area (Å²) in [6, 6.07) is 20.5. The molecule has 5 rings (SSSR count). The average molecular weight is 528 g/mol. The summed E-state index contributed by atoms with van der Waals surface area (Å²) in [5, 5.41) is 3.10. The van der Waals surface area contributed by atoms with Gasteiger partial charge < -0.3 is 19.9 Å². The second kappa shape index (κ2) is 13.6. The third-order valence-electron chi connectivity index (χ3n) is 7.90. The third-order valence-corrected chi connectivity index (χ3v) is 7.90. The fourth-order valence-electron chi connectivity index (χ4n) is 5.63. The molecule has 2 saturated heterocycles. The lowest BCUT2D eigenvalue weighted by molar-refractivity contribution is 0.0952. The summed E-state index contributed by atoms with van der Waals surface area (Å²) in [6.07, 6.45) is 6.35. The van der Waals surface area contributed by atoms with Gasteiger partial charge in [-0.1, -0.05) is 30.3 Å². The molecule has 7 nitrogen and oxygen atoms in total. The summed E-state index contributed by atoms with van der Waals surface area (Å²) in [4.78, 5) is 25.0. The molecular formula is C32H41N5O2. The predicted molar refractivity (Wildman–Crippen MR) is 158 cm³/mol. The van der Waals surface area contributed by atoms with Crippen LogP contribution in [-0.2, 0) is 6.42 Å². The Kier molecular flexibility index (Phi) is 9.46. The van der Waals surface area contributed by atoms with E-state index in [0.29, 0.717) is 12.1 Å². The number of nitrogens with one attached hydrogen (secondary N) is 1. The van der Waals surface area contributed by atoms with Crippen LogP contribution in [0.15, 0.2) is 66.9 Å². The molecule has 0 saturated carbocycles. The number of amides is 1. The number of hydrogen-bond acceptors (Lipinski definition) is 6. The van der Waals surface area contributed by atoms with Gasteiger partial charge in [-0.05, 0) is 81.2 Å². The first-order chi connectivity index (χ1) is 19.2. The number of hydrogen-bond donors (Lipinski definition) is 1. The van der Waals surface area contributed by atoms with Gasteiger partial charge in [-0.25, -0.2) is 0 Å². The Labute approximate surface area is 232 Å². The van der Waals surface area contributed by atoms with Gasteiger partial charge in [-0.15, -0.1) is 0 Å². The summed E-state index contributed by atoms with van der Waals surface area (Å²) < 4.78 is 5.37. The molecule has 2 fully saturated rings. The molecule has 0 atom stereocenters. The second-order valence-corrected chi connectivity index (χ2v) is 10.5. The Hall–Kier alpha value is -3.42. The van der Waals surface area contributed by atoms with E-state index in [1.54, 1.807) is 13.3 Å². The first kappa shape index (κ1) is 27.2. The van der Waals surface area contributed by atoms with Gasteiger partial charge in [-0.2, -0.15) is 0 Å². The Morgan fingerprint density at radius 1 is 0.897 bits per heavy atom. The first-order valence-corrected chi connectivity index (χ1v) is 14.4. The number of ether oxygens (including phenoxy) is 1. The Bertz CT molecular complexity index is 1220. The minimum absolute atomic E-state index is 0.0257. The summed E-state index contributed by atoms with van der Waals surface area (Å²) >= 11 is 0. The molecule has 39 heavy (non-hydrogen) atoms. The van der Waals surface area contributed by atoms with Crippen molar-refractivity contribution < 1.29 is 9.53 Å². The summed E-state index contributed by atoms with van der Waals surface area (Å²) in [5.74, 6) is 0.892. The molecule has 0 unspecified atom stereocenters. The lowest BCUT2D eigenvalue weighted by Crippen LogP contribution is -2.47. The van der Waals surface area contributed by atoms with Gasteiger partial charge in [0.05, 0.1) is 12.8 Å². The standard InChI is InChI=1S/C32H41N5O2/c1-39-28-9-6-8-26(24-28)13-19-36-20-22-37(23-21-36)31-11-3-2-10-29(31)30-25-27(12-15-33-30)32(38)34-14-7-18-35-16-4-5-17-35/h2-3,6,8-12,15,24-25H,4-5,7,13-14,16-23H2,1H3,(H,34,38). The fraction of sp³-hybridized carbons (Fsp3) is 0.438. The molecule has 1 N–H and O–H groups in total. The minimum Gasteiger partial charge on any atom is -0.497 e. The van der Waals surface area contributed by atoms with Crippen molar-refractivity contribution in [1.82, 2.24) is 20.1 Å². The molecule has 0 bridgehead atoms. The van der Waals surface area contributed by atoms with E-state index in [-0.39, 0.29) is 5.91 Å². The molecule has 1 aromatic heterocycles. The van der Waals surface area contributed by atoms with Crippen molar-refractivity contribution in [1.29, 1.82) is 0 Å². The number of anilines is 1. The van der Waals surface area contributed by atoms with Crippen LogP contribution in [0.3, 0.4) is 0 Å². The summed E-state index contributed by atoms with van der Waals surface area (Å²) in [6.45, 7) is 9.16. The molecule has 0 aliphatic carbocycles. The first-order valence-electron chi connectivity index (χ1n) is 14.4. The molecule has 1 amide bonds. The number of carbonyl (C=O) groups is 1. The minimum atomic E-state index is -0.0257. The summed E-state index contributed by atoms with van der Waals surface area (Å²) in [7, 11) is 1.72. The largest absolute Gasteiger partial charge is 0.497 e. The predicted octanol–water partition coefficient (Wildman–Crippen LogP) is 4.34. The maximum Gasteiger partial charge on any atom is 0.251 e. The average Bonchev–Trinajstić information content (AvgIpc) is 3.52. The molecule has 2 aromatic carbocycles. The van der Waals surface area contributed by atoms with Crippen LogP contribution < -0.4 is 15.0 Å². The molecule has 2 aliphatic heterocycles. The highest BCUT2D eigenvalue weighted by molar-refractivity contribution is 5.95. The smallest absolute Gasteiger partial charge is 0.251 e. The SMILES string of the molecule is COc1cccc(CCN2CCN(c3ccccc3-c3cc(C(=O)NCCCN4CCCC4)ccn3)CC2)c1. The zero-order valence-electron chi connectivity index (χ0n) is 23.1. The molecule has 0 radical (unpaired) electrons. The molecule has 0 spiro atoms. The number of carbonyl (C=O) groups excluding carboxylic acids is 1. The van der Waals surface area contributed by atoms with Crippen molar-refractivity contribution >= 4 is 11.6 Å². The highest BCUT2D eigenvalue weighted by Gasteiger charge is 2.20. The van der Waals surface area contributed by atoms with Crippen molar-refractivity contribution in [3.63, 3.8) is 0 Å². The quantitative estimate of drug-likeness (QED) is 0.375. The van der Waals surface area contributed by atoms with Gasteiger partial charge in [0, 0.05) is 62.3 Å². The maximum absolute atomic E-state index is 12.9. The van der Waals surface area contributed by atoms with Gasteiger partial charge in [0.15, 0.2) is 0 Å². The van der Waals surface area contributed by atoms with Crippen molar-refractivity contribution in [2.45, 2.75) is 25.7 Å². The summed E-state index contributed by atoms with van der Waals surface area (Å²) in [5.41, 5.74) is 5.07. The number of para-hydroxylation sites is 1. The number of pyridine rings is 1. The normalized spacial score (nSPS) is 16.4. The van der Waals surface area contributed by atoms with Crippen molar-refractivity contribution in [2.24, 2.45) is 0 Å². The Balaban J connectivity index is 1.16. The monoisotopic (exact) mass is 527 g/mol. The second-order valence-electron chi connectivity index (χ2n) is 10.5. The van der Waals surface area contributed by atoms with Gasteiger partial charge in [0.1, 0.15) is 5.75 Å². The number of piperazine rings is 1. The molecule has 3 heterocycles. The van der Waals surface area contributed by atoms with Gasteiger partial charge in [0.25, 0.3) is 5.91 Å². The van der Waals surface area contributed by atoms with Gasteiger partial charge >= 0.3 is 0 Å². The molecule has 206 valence electrons. The number of aromatic nitrogens is 1. The van der Waals surface area contributed by atoms with E-state index in [2.05, 4.69) is 67.5 Å². The molecule has 3 aromatic rings. The van der Waals surface area contributed by atoms with E-state index in [1.807, 2.05) is 18.2 Å². The number of likely N-dealkylation sites (tertiary alicyclic amines) is 1. The van der Waals surface area contributed by atoms with Crippen molar-refractivity contribution in [2.75, 3.05) is 70.9 Å². The topological polar surface area (TPSA) is 60.9 Å². The van der Waals surface area contributed by atoms with Crippen LogP contribution in [0.5, 0.6) is 5.75 Å². The van der Waals surface area contributed by atoms with E-state index in [1.165, 1.54) is 37.2 Å². The number of benzene rings is 2. The van der Waals surface area contributed by atoms with Gasteiger partial charge in [-0.3, -0.25) is 14.7 Å². The fourth-order valence-corrected chi connectivity index (χ4v) is 5.63. The van der Waals surface area contributed by atoms with E-state index >= 15 is 0 Å². The lowest BCUT2D eigenvalue weighted by Gasteiger charge is -2.37. The van der Waals surface area contributed by atoms with Crippen LogP contribution in [-0.4, -0.2) is 86.7 Å². The van der Waals surface area contributed by atoms with Gasteiger partial charge in [0.2, 0.25) is 0 Å². The van der Waals surface area contributed by atoms with Crippen LogP contribution in [0.4, 0.5) is 5.69 Å². The highest BCUT2D eigenvalue weighted by Crippen LogP contribution is 2.30. The molecular weight excluding hydrogens is 486 g/mol. The lowest BCUT2D eigenvalue weighted by atomic mass is 10.0. The third kappa shape index (κ3) is 7.37. The van der Waals surface area contributed by atoms with Crippen LogP contribution >= 0.6 is 0 Å². The maximum atomic E-state index is 12.9. The Morgan fingerprint density at radius 3 is 2.51 bits per heavy atom. The van der Waals surface area contributed by atoms with E-state index in [9.17, 15) is 4.79 Å². The van der Waals surface area contributed by atoms with Crippen LogP contribution in [0.25, 0.3) is 11.3 Å². The van der Waals surface area contributed by atoms with E-state index in [4.69, 9.17) is 4.74 Å². The van der Waals surface area contributed by atoms with Crippen molar-refractivity contribution in [3.8, 4) is 17.0 Å². The van der Waals surface area contributed by atoms with Crippen LogP contribution in [0.1, 0.15) is 35.2 Å². The van der Waals surface area contributed by atoms with Crippen molar-refractivity contribution in [3.05, 3.63) is 78.0 Å². The number of rotatable bonds is 11. The molecule has 2 aliphatic rings. The zero-order chi connectivity index (χ0) is 26.9. The Morgan fingerprint density at radius 2 is 1.69 bits per heavy atom. The van der Waals surface area contributed by atoms with Crippen LogP contribution in [0, 0.1) is 0 Å². The van der Waals surface area contributed by atoms with E-state index < -0.39 is 0 Å². The van der Waals surface area contributed by atoms with Crippen LogP contribution in [0.2, 0.25) is 0 Å². The number of nitrogens with zero attached hydrogens (tertiary/aromatic N) is 4.